The molecule has 1 atom stereocenters. The molecule has 2 aliphatic carbocycles. The van der Waals surface area contributed by atoms with Crippen LogP contribution in [0.4, 0.5) is 5.69 Å². The predicted octanol–water partition coefficient (Wildman–Crippen LogP) is 3.19. The van der Waals surface area contributed by atoms with Gasteiger partial charge in [-0.1, -0.05) is 0 Å². The average molecular weight is 658 g/mol. The fourth-order valence-electron chi connectivity index (χ4n) is 6.74. The Morgan fingerprint density at radius 1 is 0.610 bits per heavy atom. The first-order valence-electron chi connectivity index (χ1n) is 14.3. The molecule has 6 rings (SSSR count). The Kier molecular flexibility index (Phi) is 10.5. The first-order valence-corrected chi connectivity index (χ1v) is 18.3. The first kappa shape index (κ1) is 31.4. The van der Waals surface area contributed by atoms with E-state index >= 15 is 0 Å². The number of halogens is 2. The van der Waals surface area contributed by atoms with Crippen LogP contribution in [0.2, 0.25) is 3.63 Å². The van der Waals surface area contributed by atoms with Crippen LogP contribution in [-0.4, -0.2) is 15.3 Å². The molecular formula is C37H37Cl2NZr. The van der Waals surface area contributed by atoms with Crippen molar-refractivity contribution in [2.75, 3.05) is 4.90 Å². The van der Waals surface area contributed by atoms with Crippen LogP contribution in [0.1, 0.15) is 53.6 Å². The van der Waals surface area contributed by atoms with Gasteiger partial charge in [0.1, 0.15) is 0 Å². The number of rotatable bonds is 7. The molecule has 208 valence electrons. The van der Waals surface area contributed by atoms with Crippen molar-refractivity contribution in [3.05, 3.63) is 150 Å². The second-order valence-corrected chi connectivity index (χ2v) is 17.8. The van der Waals surface area contributed by atoms with E-state index in [-0.39, 0.29) is 24.8 Å². The van der Waals surface area contributed by atoms with Crippen LogP contribution in [0.15, 0.2) is 127 Å². The van der Waals surface area contributed by atoms with Gasteiger partial charge in [0.15, 0.2) is 0 Å². The zero-order valence-electron chi connectivity index (χ0n) is 24.1. The van der Waals surface area contributed by atoms with E-state index in [2.05, 4.69) is 160 Å². The minimum atomic E-state index is -2.59. The van der Waals surface area contributed by atoms with Crippen LogP contribution in [0.5, 0.6) is 0 Å². The van der Waals surface area contributed by atoms with E-state index in [0.717, 1.165) is 0 Å². The molecule has 4 aromatic carbocycles. The number of hydrogen-bond donors (Lipinski definition) is 0. The summed E-state index contributed by atoms with van der Waals surface area (Å²) in [5, 5.41) is 0. The molecule has 0 saturated heterocycles. The maximum atomic E-state index is 2.57. The minimum Gasteiger partial charge on any atom is -1.00 e. The topological polar surface area (TPSA) is 3.24 Å². The van der Waals surface area contributed by atoms with Crippen molar-refractivity contribution in [2.45, 2.75) is 47.0 Å². The van der Waals surface area contributed by atoms with Crippen molar-refractivity contribution in [2.24, 2.45) is 0 Å². The van der Waals surface area contributed by atoms with Gasteiger partial charge in [-0.2, -0.15) is 0 Å². The Morgan fingerprint density at radius 2 is 1.12 bits per heavy atom. The van der Waals surface area contributed by atoms with Crippen molar-refractivity contribution in [3.63, 3.8) is 0 Å². The third kappa shape index (κ3) is 6.03. The Hall–Kier alpha value is -2.51. The maximum absolute atomic E-state index is 2.59. The number of fused-ring (bicyclic) bond motifs is 3. The first-order chi connectivity index (χ1) is 19.0. The molecule has 0 aliphatic heterocycles. The zero-order valence-corrected chi connectivity index (χ0v) is 28.1. The van der Waals surface area contributed by atoms with E-state index in [1.807, 2.05) is 0 Å². The minimum absolute atomic E-state index is 0. The van der Waals surface area contributed by atoms with Crippen LogP contribution in [0.25, 0.3) is 11.1 Å². The summed E-state index contributed by atoms with van der Waals surface area (Å²) >= 11 is -2.59. The monoisotopic (exact) mass is 655 g/mol. The second-order valence-electron chi connectivity index (χ2n) is 11.2. The SMILES string of the molecule is CC(C)N(c1ccc2c(c1)[CH]([Zr+2](=[C](c1ccccc1)c1ccccc1)[CH]1C=CC=C1)c1ccccc1-2)C(C)C.[Cl-].[Cl-]. The predicted molar refractivity (Wildman–Crippen MR) is 165 cm³/mol. The van der Waals surface area contributed by atoms with E-state index < -0.39 is 21.3 Å². The van der Waals surface area contributed by atoms with Crippen LogP contribution < -0.4 is 29.7 Å². The Bertz CT molecular complexity index is 1510. The zero-order chi connectivity index (χ0) is 26.9. The Morgan fingerprint density at radius 3 is 1.68 bits per heavy atom. The average Bonchev–Trinajstić information content (AvgIpc) is 3.59. The fraction of sp³-hybridized carbons (Fsp3) is 0.216. The fourth-order valence-corrected chi connectivity index (χ4v) is 16.1. The van der Waals surface area contributed by atoms with Crippen LogP contribution in [0, 0.1) is 0 Å². The van der Waals surface area contributed by atoms with Crippen LogP contribution in [-0.2, 0) is 21.3 Å². The van der Waals surface area contributed by atoms with Crippen LogP contribution in [0.3, 0.4) is 0 Å². The summed E-state index contributed by atoms with van der Waals surface area (Å²) in [5.74, 6) is 0. The maximum Gasteiger partial charge on any atom is -1.00 e. The number of anilines is 1. The van der Waals surface area contributed by atoms with Crippen molar-refractivity contribution < 1.29 is 46.1 Å². The number of allylic oxidation sites excluding steroid dienone is 4. The van der Waals surface area contributed by atoms with Crippen LogP contribution >= 0.6 is 0 Å². The molecule has 0 bridgehead atoms. The molecule has 0 spiro atoms. The van der Waals surface area contributed by atoms with Gasteiger partial charge in [-0.05, 0) is 0 Å². The van der Waals surface area contributed by atoms with Crippen molar-refractivity contribution >= 4 is 8.89 Å². The Balaban J connectivity index is 0.00000194. The standard InChI is InChI=1S/C19H22N.C13H10.C5H5.2ClH.Zr/c1-13(2)20(14(3)4)17-9-10-19-16(12-17)11-15-7-5-6-8-18(15)19;1-3-7-12(8-4-1)11-13-9-5-2-6-10-13;1-2-4-5-3-1;;;/h5-14H,1-4H3;1-10H;1-5H;2*1H;/q;;;;;+2/p-2. The summed E-state index contributed by atoms with van der Waals surface area (Å²) in [6.07, 6.45) is 9.52. The van der Waals surface area contributed by atoms with E-state index in [0.29, 0.717) is 19.3 Å². The molecule has 0 aromatic heterocycles. The molecular weight excluding hydrogens is 621 g/mol. The van der Waals surface area contributed by atoms with Crippen molar-refractivity contribution in [3.8, 4) is 11.1 Å². The molecule has 2 aliphatic rings. The van der Waals surface area contributed by atoms with Gasteiger partial charge >= 0.3 is 243 Å². The molecule has 0 N–H and O–H groups in total. The van der Waals surface area contributed by atoms with Gasteiger partial charge in [-0.25, -0.2) is 0 Å². The molecule has 0 fully saturated rings. The molecule has 4 aromatic rings. The molecule has 0 radical (unpaired) electrons. The third-order valence-corrected chi connectivity index (χ3v) is 16.8. The largest absolute Gasteiger partial charge is 1.00 e. The van der Waals surface area contributed by atoms with Gasteiger partial charge in [-0.15, -0.1) is 0 Å². The van der Waals surface area contributed by atoms with E-state index in [9.17, 15) is 0 Å². The molecule has 1 unspecified atom stereocenters. The second kappa shape index (κ2) is 13.6. The molecule has 0 amide bonds. The number of nitrogens with zero attached hydrogens (tertiary/aromatic N) is 1. The molecule has 4 heteroatoms. The molecule has 0 saturated carbocycles. The van der Waals surface area contributed by atoms with E-state index in [1.165, 1.54) is 39.1 Å². The summed E-state index contributed by atoms with van der Waals surface area (Å²) in [5.41, 5.74) is 10.0. The van der Waals surface area contributed by atoms with Gasteiger partial charge in [-0.3, -0.25) is 0 Å². The summed E-state index contributed by atoms with van der Waals surface area (Å²) < 4.78 is 2.55. The normalized spacial score (nSPS) is 14.6. The summed E-state index contributed by atoms with van der Waals surface area (Å²) in [6.45, 7) is 9.24. The van der Waals surface area contributed by atoms with Crippen molar-refractivity contribution in [1.82, 2.24) is 0 Å². The van der Waals surface area contributed by atoms with Gasteiger partial charge < -0.3 is 24.8 Å². The molecule has 1 nitrogen and oxygen atoms in total. The summed E-state index contributed by atoms with van der Waals surface area (Å²) in [4.78, 5) is 2.57. The molecule has 0 heterocycles. The summed E-state index contributed by atoms with van der Waals surface area (Å²) in [7, 11) is 0. The van der Waals surface area contributed by atoms with Gasteiger partial charge in [0, 0.05) is 0 Å². The van der Waals surface area contributed by atoms with Crippen molar-refractivity contribution in [1.29, 1.82) is 0 Å². The van der Waals surface area contributed by atoms with E-state index in [4.69, 9.17) is 0 Å². The molecule has 41 heavy (non-hydrogen) atoms. The third-order valence-electron chi connectivity index (χ3n) is 8.15. The van der Waals surface area contributed by atoms with Gasteiger partial charge in [0.25, 0.3) is 0 Å². The number of benzene rings is 4. The van der Waals surface area contributed by atoms with Gasteiger partial charge in [0.05, 0.1) is 0 Å². The summed E-state index contributed by atoms with van der Waals surface area (Å²) in [6, 6.07) is 39.9. The number of hydrogen-bond acceptors (Lipinski definition) is 1. The Labute approximate surface area is 266 Å². The van der Waals surface area contributed by atoms with Gasteiger partial charge in [0.2, 0.25) is 0 Å². The quantitative estimate of drug-likeness (QED) is 0.296. The van der Waals surface area contributed by atoms with E-state index in [1.54, 1.807) is 3.21 Å². The smallest absolute Gasteiger partial charge is 1.00 e.